The second-order valence-electron chi connectivity index (χ2n) is 3.76. The summed E-state index contributed by atoms with van der Waals surface area (Å²) >= 11 is 0. The Morgan fingerprint density at radius 2 is 1.17 bits per heavy atom. The summed E-state index contributed by atoms with van der Waals surface area (Å²) in [5.41, 5.74) is 3.78. The molecule has 0 radical (unpaired) electrons. The Labute approximate surface area is 104 Å². The van der Waals surface area contributed by atoms with Crippen LogP contribution in [0, 0.1) is 0 Å². The van der Waals surface area contributed by atoms with Gasteiger partial charge in [0.25, 0.3) is 0 Å². The lowest BCUT2D eigenvalue weighted by atomic mass is 9.89. The molecular formula is C8H22N4O6. The molecule has 1 atom stereocenters. The van der Waals surface area contributed by atoms with Gasteiger partial charge in [0.2, 0.25) is 0 Å². The molecule has 0 aromatic carbocycles. The Bertz CT molecular complexity index is 211. The topological polar surface area (TPSA) is 183 Å². The first-order chi connectivity index (χ1) is 8.46. The van der Waals surface area contributed by atoms with E-state index in [-0.39, 0.29) is 0 Å². The van der Waals surface area contributed by atoms with Gasteiger partial charge in [0.15, 0.2) is 5.79 Å². The number of hydrogen-bond acceptors (Lipinski definition) is 10. The summed E-state index contributed by atoms with van der Waals surface area (Å²) in [5.74, 6) is -1.79. The normalized spacial score (nSPS) is 14.8. The molecule has 0 heterocycles. The van der Waals surface area contributed by atoms with E-state index < -0.39 is 50.8 Å². The van der Waals surface area contributed by atoms with E-state index in [1.165, 1.54) is 0 Å². The lowest BCUT2D eigenvalue weighted by molar-refractivity contribution is -0.0931. The van der Waals surface area contributed by atoms with Gasteiger partial charge >= 0.3 is 0 Å². The van der Waals surface area contributed by atoms with E-state index in [0.29, 0.717) is 0 Å². The summed E-state index contributed by atoms with van der Waals surface area (Å²) in [6, 6.07) is 0. The first-order valence-electron chi connectivity index (χ1n) is 5.22. The van der Waals surface area contributed by atoms with Crippen LogP contribution in [0.3, 0.4) is 0 Å². The maximum absolute atomic E-state index is 10.1. The van der Waals surface area contributed by atoms with E-state index in [0.717, 1.165) is 0 Å². The summed E-state index contributed by atoms with van der Waals surface area (Å²) in [6.45, 7) is -3.43. The highest BCUT2D eigenvalue weighted by atomic mass is 16.3. The van der Waals surface area contributed by atoms with Gasteiger partial charge in [-0.2, -0.15) is 0 Å². The van der Waals surface area contributed by atoms with Crippen LogP contribution >= 0.6 is 0 Å². The number of hydrogen-bond donors (Lipinski definition) is 10. The fourth-order valence-corrected chi connectivity index (χ4v) is 1.51. The van der Waals surface area contributed by atoms with Crippen LogP contribution in [0.15, 0.2) is 0 Å². The SMILES string of the molecule is NC(CO)(CO)C(O)C(NCO)(NCO)NCO. The molecule has 0 bridgehead atoms. The zero-order valence-electron chi connectivity index (χ0n) is 9.87. The molecule has 11 N–H and O–H groups in total. The zero-order chi connectivity index (χ0) is 14.2. The number of nitrogens with two attached hydrogens (primary N) is 1. The average molecular weight is 270 g/mol. The Balaban J connectivity index is 5.24. The largest absolute Gasteiger partial charge is 0.394 e. The fourth-order valence-electron chi connectivity index (χ4n) is 1.51. The first kappa shape index (κ1) is 17.6. The van der Waals surface area contributed by atoms with Crippen LogP contribution in [0.25, 0.3) is 0 Å². The molecule has 0 saturated heterocycles. The molecule has 0 saturated carbocycles. The Morgan fingerprint density at radius 1 is 0.833 bits per heavy atom. The summed E-state index contributed by atoms with van der Waals surface area (Å²) in [6.07, 6.45) is -1.69. The van der Waals surface area contributed by atoms with E-state index in [1.54, 1.807) is 0 Å². The van der Waals surface area contributed by atoms with Crippen molar-refractivity contribution in [3.8, 4) is 0 Å². The molecule has 0 aromatic heterocycles. The van der Waals surface area contributed by atoms with Crippen molar-refractivity contribution in [3.63, 3.8) is 0 Å². The van der Waals surface area contributed by atoms with Gasteiger partial charge < -0.3 is 36.4 Å². The number of nitrogens with one attached hydrogen (secondary N) is 3. The third kappa shape index (κ3) is 3.80. The summed E-state index contributed by atoms with van der Waals surface area (Å²) in [4.78, 5) is 0. The van der Waals surface area contributed by atoms with E-state index >= 15 is 0 Å². The standard InChI is InChI=1S/C8H22N4O6/c9-7(1-13,2-14)6(18)8(10-3-15,11-4-16)12-5-17/h6,10-18H,1-5,9H2. The quantitative estimate of drug-likeness (QED) is 0.172. The van der Waals surface area contributed by atoms with Crippen LogP contribution < -0.4 is 21.7 Å². The molecule has 0 aromatic rings. The van der Waals surface area contributed by atoms with Gasteiger partial charge in [-0.25, -0.2) is 0 Å². The summed E-state index contributed by atoms with van der Waals surface area (Å²) in [7, 11) is 0. The molecule has 110 valence electrons. The van der Waals surface area contributed by atoms with Crippen molar-refractivity contribution in [3.05, 3.63) is 0 Å². The van der Waals surface area contributed by atoms with Crippen molar-refractivity contribution in [1.29, 1.82) is 0 Å². The van der Waals surface area contributed by atoms with Crippen LogP contribution in [0.2, 0.25) is 0 Å². The minimum absolute atomic E-state index is 0.635. The highest BCUT2D eigenvalue weighted by Crippen LogP contribution is 2.15. The third-order valence-electron chi connectivity index (χ3n) is 2.62. The number of aliphatic hydroxyl groups excluding tert-OH is 6. The molecule has 0 aliphatic rings. The van der Waals surface area contributed by atoms with E-state index in [1.807, 2.05) is 0 Å². The smallest absolute Gasteiger partial charge is 0.157 e. The van der Waals surface area contributed by atoms with Gasteiger partial charge in [0.1, 0.15) is 6.10 Å². The molecule has 18 heavy (non-hydrogen) atoms. The molecule has 0 aliphatic carbocycles. The Hall–Kier alpha value is -0.400. The number of aliphatic hydroxyl groups is 6. The van der Waals surface area contributed by atoms with Gasteiger partial charge in [0.05, 0.1) is 38.9 Å². The summed E-state index contributed by atoms with van der Waals surface area (Å²) < 4.78 is 0. The Morgan fingerprint density at radius 3 is 1.39 bits per heavy atom. The van der Waals surface area contributed by atoms with Gasteiger partial charge in [0, 0.05) is 0 Å². The molecule has 0 fully saturated rings. The second kappa shape index (κ2) is 7.91. The fraction of sp³-hybridized carbons (Fsp3) is 1.00. The molecule has 10 heteroatoms. The van der Waals surface area contributed by atoms with Gasteiger partial charge in [-0.1, -0.05) is 0 Å². The van der Waals surface area contributed by atoms with Crippen LogP contribution in [0.1, 0.15) is 0 Å². The molecule has 0 spiro atoms. The van der Waals surface area contributed by atoms with E-state index in [4.69, 9.17) is 31.3 Å². The van der Waals surface area contributed by atoms with Crippen molar-refractivity contribution in [1.82, 2.24) is 16.0 Å². The van der Waals surface area contributed by atoms with Crippen molar-refractivity contribution >= 4 is 0 Å². The maximum atomic E-state index is 10.1. The minimum Gasteiger partial charge on any atom is -0.394 e. The molecule has 1 unspecified atom stereocenters. The van der Waals surface area contributed by atoms with Crippen LogP contribution in [-0.4, -0.2) is 81.5 Å². The van der Waals surface area contributed by atoms with Crippen molar-refractivity contribution in [2.45, 2.75) is 17.4 Å². The van der Waals surface area contributed by atoms with Crippen molar-refractivity contribution < 1.29 is 30.6 Å². The average Bonchev–Trinajstić information content (AvgIpc) is 2.37. The molecule has 10 nitrogen and oxygen atoms in total. The number of rotatable bonds is 10. The van der Waals surface area contributed by atoms with E-state index in [2.05, 4.69) is 16.0 Å². The van der Waals surface area contributed by atoms with Crippen molar-refractivity contribution in [2.24, 2.45) is 5.73 Å². The molecule has 0 aliphatic heterocycles. The van der Waals surface area contributed by atoms with Crippen LogP contribution in [-0.2, 0) is 0 Å². The Kier molecular flexibility index (Phi) is 7.73. The third-order valence-corrected chi connectivity index (χ3v) is 2.62. The van der Waals surface area contributed by atoms with E-state index in [9.17, 15) is 5.11 Å². The maximum Gasteiger partial charge on any atom is 0.157 e. The van der Waals surface area contributed by atoms with Crippen LogP contribution in [0.5, 0.6) is 0 Å². The van der Waals surface area contributed by atoms with Gasteiger partial charge in [-0.05, 0) is 0 Å². The van der Waals surface area contributed by atoms with Crippen LogP contribution in [0.4, 0.5) is 0 Å². The second-order valence-corrected chi connectivity index (χ2v) is 3.76. The lowest BCUT2D eigenvalue weighted by Crippen LogP contribution is -2.80. The monoisotopic (exact) mass is 270 g/mol. The minimum atomic E-state index is -1.83. The predicted molar refractivity (Wildman–Crippen MR) is 60.5 cm³/mol. The highest BCUT2D eigenvalue weighted by Gasteiger charge is 2.48. The molecule has 0 amide bonds. The molecular weight excluding hydrogens is 248 g/mol. The molecule has 0 rings (SSSR count). The predicted octanol–water partition coefficient (Wildman–Crippen LogP) is -5.70. The summed E-state index contributed by atoms with van der Waals surface area (Å²) in [5, 5.41) is 62.0. The lowest BCUT2D eigenvalue weighted by Gasteiger charge is -2.45. The van der Waals surface area contributed by atoms with Crippen molar-refractivity contribution in [2.75, 3.05) is 33.4 Å². The zero-order valence-corrected chi connectivity index (χ0v) is 9.87. The first-order valence-corrected chi connectivity index (χ1v) is 5.22. The van der Waals surface area contributed by atoms with Gasteiger partial charge in [-0.15, -0.1) is 0 Å². The highest BCUT2D eigenvalue weighted by molar-refractivity contribution is 5.03. The van der Waals surface area contributed by atoms with Gasteiger partial charge in [-0.3, -0.25) is 16.0 Å².